The van der Waals surface area contributed by atoms with E-state index >= 15 is 0 Å². The molecule has 10 N–H and O–H groups in total. The highest BCUT2D eigenvalue weighted by Gasteiger charge is 2.60. The number of amides is 3. The number of likely N-dealkylation sites (N-methyl/N-ethyl adjacent to an activating group) is 1. The number of aliphatic hydroxyl groups excluding tert-OH is 1. The molecule has 0 radical (unpaired) electrons. The lowest BCUT2D eigenvalue weighted by Crippen LogP contribution is -2.54. The van der Waals surface area contributed by atoms with Crippen LogP contribution in [0.25, 0.3) is 0 Å². The normalized spacial score (nSPS) is 28.6. The molecule has 67 heavy (non-hydrogen) atoms. The number of fused-ring (bicyclic) bond motifs is 5. The molecule has 4 fully saturated rings. The number of benzene rings is 1. The van der Waals surface area contributed by atoms with Gasteiger partial charge in [0, 0.05) is 25.9 Å². The number of hydrogen-bond donors (Lipinski definition) is 10. The van der Waals surface area contributed by atoms with Gasteiger partial charge in [-0.2, -0.15) is 0 Å². The summed E-state index contributed by atoms with van der Waals surface area (Å²) in [5.74, 6) is 0.0283. The van der Waals surface area contributed by atoms with Gasteiger partial charge in [-0.25, -0.2) is 22.7 Å². The summed E-state index contributed by atoms with van der Waals surface area (Å²) in [6, 6.07) is 1.97. The highest BCUT2D eigenvalue weighted by atomic mass is 32.2. The number of rotatable bonds is 26. The molecule has 0 saturated heterocycles. The summed E-state index contributed by atoms with van der Waals surface area (Å²) < 4.78 is 27.5. The number of hydrogen-bond acceptors (Lipinski definition) is 11. The molecule has 12 atom stereocenters. The first-order chi connectivity index (χ1) is 31.7. The van der Waals surface area contributed by atoms with E-state index in [0.29, 0.717) is 67.6 Å². The zero-order valence-electron chi connectivity index (χ0n) is 40.0. The number of carbonyl (C=O) groups excluding carboxylic acids is 3. The molecule has 8 unspecified atom stereocenters. The second-order valence-corrected chi connectivity index (χ2v) is 22.5. The Labute approximate surface area is 397 Å². The first-order valence-electron chi connectivity index (χ1n) is 24.8. The summed E-state index contributed by atoms with van der Waals surface area (Å²) in [6.45, 7) is 7.56. The van der Waals surface area contributed by atoms with Gasteiger partial charge < -0.3 is 46.6 Å². The zero-order chi connectivity index (χ0) is 49.1. The molecule has 1 aromatic rings. The van der Waals surface area contributed by atoms with Crippen molar-refractivity contribution in [2.24, 2.45) is 46.3 Å². The molecule has 4 aliphatic carbocycles. The average molecular weight is 960 g/mol. The smallest absolute Gasteiger partial charge is 0.480 e. The molecule has 0 aromatic heterocycles. The van der Waals surface area contributed by atoms with Gasteiger partial charge in [0.2, 0.25) is 27.7 Å². The van der Waals surface area contributed by atoms with Crippen molar-refractivity contribution in [3.63, 3.8) is 0 Å². The number of unbranched alkanes of at least 4 members (excludes halogenated alkanes) is 2. The van der Waals surface area contributed by atoms with E-state index in [1.807, 2.05) is 0 Å². The molecule has 4 saturated carbocycles. The van der Waals surface area contributed by atoms with Crippen LogP contribution in [0.5, 0.6) is 0 Å². The minimum Gasteiger partial charge on any atom is -0.480 e. The van der Waals surface area contributed by atoms with E-state index in [1.54, 1.807) is 7.05 Å². The van der Waals surface area contributed by atoms with Crippen molar-refractivity contribution < 1.29 is 57.8 Å². The first kappa shape index (κ1) is 54.3. The molecule has 0 aliphatic heterocycles. The second-order valence-electron chi connectivity index (χ2n) is 20.7. The third-order valence-corrected chi connectivity index (χ3v) is 18.2. The fourth-order valence-corrected chi connectivity index (χ4v) is 14.0. The number of carboxylic acids is 2. The number of nitrogens with one attached hydrogen (secondary N) is 5. The third kappa shape index (κ3) is 14.0. The van der Waals surface area contributed by atoms with Gasteiger partial charge >= 0.3 is 19.1 Å². The third-order valence-electron chi connectivity index (χ3n) is 16.7. The van der Waals surface area contributed by atoms with Crippen molar-refractivity contribution in [1.29, 1.82) is 0 Å². The summed E-state index contributed by atoms with van der Waals surface area (Å²) in [7, 11) is -4.02. The fourth-order valence-electron chi connectivity index (χ4n) is 12.9. The first-order valence-corrected chi connectivity index (χ1v) is 26.3. The molecule has 376 valence electrons. The summed E-state index contributed by atoms with van der Waals surface area (Å²) in [5, 5.41) is 59.3. The molecule has 17 nitrogen and oxygen atoms in total. The van der Waals surface area contributed by atoms with Crippen LogP contribution >= 0.6 is 0 Å². The van der Waals surface area contributed by atoms with Gasteiger partial charge in [-0.15, -0.1) is 0 Å². The molecule has 5 rings (SSSR count). The maximum Gasteiger partial charge on any atom is 0.488 e. The SMILES string of the molecule is CNC(CCCCNC(=O)CCC(NC(=O)CCC(C)C1CCC2C3CC[C@H]4C[C@@H](O)CC[C@@]4(C)C3CC[C@@]12C)C(=O)O)C(=O)NC(CCCCNS(=O)(=O)c1ccc(B(O)O)cc1)C(=O)O. The van der Waals surface area contributed by atoms with E-state index in [0.717, 1.165) is 37.5 Å². The van der Waals surface area contributed by atoms with Crippen LogP contribution in [0.4, 0.5) is 0 Å². The maximum atomic E-state index is 13.1. The predicted octanol–water partition coefficient (Wildman–Crippen LogP) is 3.04. The fraction of sp³-hybridized carbons (Fsp3) is 0.771. The Morgan fingerprint density at radius 3 is 2.00 bits per heavy atom. The van der Waals surface area contributed by atoms with Crippen LogP contribution in [0, 0.1) is 46.3 Å². The van der Waals surface area contributed by atoms with E-state index in [-0.39, 0.29) is 72.5 Å². The Bertz CT molecular complexity index is 1960. The predicted molar refractivity (Wildman–Crippen MR) is 253 cm³/mol. The lowest BCUT2D eigenvalue weighted by atomic mass is 9.44. The molecular formula is C48H78BN5O12S. The number of carboxylic acid groups (broad SMARTS) is 2. The van der Waals surface area contributed by atoms with Crippen LogP contribution in [0.15, 0.2) is 29.2 Å². The highest BCUT2D eigenvalue weighted by molar-refractivity contribution is 7.89. The van der Waals surface area contributed by atoms with Crippen molar-refractivity contribution >= 4 is 52.3 Å². The summed E-state index contributed by atoms with van der Waals surface area (Å²) in [4.78, 5) is 62.7. The molecule has 0 spiro atoms. The monoisotopic (exact) mass is 960 g/mol. The molecule has 19 heteroatoms. The van der Waals surface area contributed by atoms with Gasteiger partial charge in [0.1, 0.15) is 12.1 Å². The molecule has 4 aliphatic rings. The van der Waals surface area contributed by atoms with Gasteiger partial charge in [-0.05, 0) is 180 Å². The van der Waals surface area contributed by atoms with E-state index in [9.17, 15) is 57.8 Å². The second kappa shape index (κ2) is 24.3. The van der Waals surface area contributed by atoms with Gasteiger partial charge in [0.05, 0.1) is 17.0 Å². The van der Waals surface area contributed by atoms with E-state index in [4.69, 9.17) is 0 Å². The number of carbonyl (C=O) groups is 5. The minimum atomic E-state index is -3.87. The molecular weight excluding hydrogens is 881 g/mol. The van der Waals surface area contributed by atoms with Crippen molar-refractivity contribution in [2.45, 2.75) is 172 Å². The Morgan fingerprint density at radius 2 is 1.34 bits per heavy atom. The summed E-state index contributed by atoms with van der Waals surface area (Å²) in [5.41, 5.74) is 0.715. The summed E-state index contributed by atoms with van der Waals surface area (Å²) >= 11 is 0. The summed E-state index contributed by atoms with van der Waals surface area (Å²) in [6.07, 6.45) is 13.0. The Hall–Kier alpha value is -3.62. The Balaban J connectivity index is 0.949. The quantitative estimate of drug-likeness (QED) is 0.0473. The molecule has 1 aromatic carbocycles. The number of aliphatic carboxylic acids is 2. The Morgan fingerprint density at radius 1 is 0.731 bits per heavy atom. The van der Waals surface area contributed by atoms with Crippen LogP contribution < -0.4 is 31.5 Å². The standard InChI is InChI=1S/C48H78BN5O12S/c1-30(36-18-19-37-35-17-12-31-29-33(55)23-25-47(31,2)38(35)24-26-48(36,37)3)11-21-43(57)53-41(46(61)62)20-22-42(56)51-27-7-5-9-39(50-4)44(58)54-40(45(59)60)10-6-8-28-52-67(65,66)34-15-13-32(14-16-34)49(63)64/h13-16,30-31,33,35-41,50,52,55,63-64H,5-12,17-29H2,1-4H3,(H,51,56)(H,53,57)(H,54,58)(H,59,60)(H,61,62)/t30?,31-,33-,35?,36?,37?,38?,39?,40?,41?,47+,48-/m0/s1. The van der Waals surface area contributed by atoms with E-state index in [1.165, 1.54) is 56.4 Å². The highest BCUT2D eigenvalue weighted by Crippen LogP contribution is 2.68. The van der Waals surface area contributed by atoms with Crippen molar-refractivity contribution in [3.05, 3.63) is 24.3 Å². The maximum absolute atomic E-state index is 13.1. The van der Waals surface area contributed by atoms with Gasteiger partial charge in [-0.1, -0.05) is 32.9 Å². The molecule has 3 amide bonds. The van der Waals surface area contributed by atoms with E-state index in [2.05, 4.69) is 46.8 Å². The largest absolute Gasteiger partial charge is 0.488 e. The molecule has 0 heterocycles. The number of aliphatic hydroxyl groups is 1. The van der Waals surface area contributed by atoms with Crippen molar-refractivity contribution in [3.8, 4) is 0 Å². The molecule has 0 bridgehead atoms. The van der Waals surface area contributed by atoms with Crippen LogP contribution in [0.1, 0.15) is 143 Å². The lowest BCUT2D eigenvalue weighted by Gasteiger charge is -2.61. The topological polar surface area (TPSA) is 281 Å². The van der Waals surface area contributed by atoms with Crippen LogP contribution in [0.3, 0.4) is 0 Å². The van der Waals surface area contributed by atoms with Crippen LogP contribution in [-0.4, -0.2) is 115 Å². The van der Waals surface area contributed by atoms with Crippen molar-refractivity contribution in [1.82, 2.24) is 26.0 Å². The van der Waals surface area contributed by atoms with Gasteiger partial charge in [0.15, 0.2) is 0 Å². The minimum absolute atomic E-state index is 0.0230. The average Bonchev–Trinajstić information content (AvgIpc) is 3.64. The Kier molecular flexibility index (Phi) is 19.7. The van der Waals surface area contributed by atoms with Crippen LogP contribution in [0.2, 0.25) is 0 Å². The number of sulfonamides is 1. The lowest BCUT2D eigenvalue weighted by molar-refractivity contribution is -0.142. The van der Waals surface area contributed by atoms with Gasteiger partial charge in [0.25, 0.3) is 0 Å². The van der Waals surface area contributed by atoms with E-state index < -0.39 is 53.1 Å². The van der Waals surface area contributed by atoms with Crippen LogP contribution in [-0.2, 0) is 34.0 Å². The van der Waals surface area contributed by atoms with Gasteiger partial charge in [-0.3, -0.25) is 14.4 Å². The zero-order valence-corrected chi connectivity index (χ0v) is 40.8. The van der Waals surface area contributed by atoms with Crippen molar-refractivity contribution in [2.75, 3.05) is 20.1 Å².